The van der Waals surface area contributed by atoms with E-state index in [4.69, 9.17) is 11.6 Å². The van der Waals surface area contributed by atoms with Crippen LogP contribution in [-0.4, -0.2) is 21.6 Å². The van der Waals surface area contributed by atoms with Gasteiger partial charge in [0, 0.05) is 5.41 Å². The molecule has 126 valence electrons. The Balaban J connectivity index is 1.83. The van der Waals surface area contributed by atoms with Crippen LogP contribution in [0.4, 0.5) is 0 Å². The number of rotatable bonds is 1. The zero-order valence-corrected chi connectivity index (χ0v) is 14.3. The van der Waals surface area contributed by atoms with Crippen LogP contribution < -0.4 is 0 Å². The molecule has 0 aromatic heterocycles. The SMILES string of the molecule is C#C[C@]1(O)CC[C@H]2[C@@H]3CCC4=CC(=NO)CCC4=C3C=C[C@@]21CC. The van der Waals surface area contributed by atoms with Gasteiger partial charge in [-0.15, -0.1) is 6.42 Å². The summed E-state index contributed by atoms with van der Waals surface area (Å²) in [6.45, 7) is 2.15. The predicted octanol–water partition coefficient (Wildman–Crippen LogP) is 3.98. The van der Waals surface area contributed by atoms with Crippen LogP contribution in [0.3, 0.4) is 0 Å². The van der Waals surface area contributed by atoms with Gasteiger partial charge < -0.3 is 10.3 Å². The van der Waals surface area contributed by atoms with Crippen LogP contribution >= 0.6 is 0 Å². The normalized spacial score (nSPS) is 42.2. The van der Waals surface area contributed by atoms with Crippen molar-refractivity contribution in [2.24, 2.45) is 22.4 Å². The van der Waals surface area contributed by atoms with Crippen LogP contribution in [-0.2, 0) is 0 Å². The molecule has 1 saturated carbocycles. The average Bonchev–Trinajstić information content (AvgIpc) is 2.94. The Hall–Kier alpha value is -1.79. The van der Waals surface area contributed by atoms with Crippen LogP contribution in [0.2, 0.25) is 0 Å². The molecule has 0 bridgehead atoms. The fourth-order valence-corrected chi connectivity index (χ4v) is 5.84. The second kappa shape index (κ2) is 5.36. The maximum Gasteiger partial charge on any atom is 0.134 e. The summed E-state index contributed by atoms with van der Waals surface area (Å²) in [6, 6.07) is 0. The molecule has 0 radical (unpaired) electrons. The van der Waals surface area contributed by atoms with Crippen LogP contribution in [0.15, 0.2) is 40.1 Å². The standard InChI is InChI=1S/C21H25NO2/c1-3-20-11-9-17-16-8-6-15(22-24)13-14(16)5-7-18(17)19(20)10-12-21(20,23)4-2/h2,9,11,13,18-19,23-24H,3,5-8,10,12H2,1H3/t18-,19+,20+,21+/m1/s1. The first kappa shape index (κ1) is 15.7. The summed E-state index contributed by atoms with van der Waals surface area (Å²) in [5.74, 6) is 3.66. The first-order valence-corrected chi connectivity index (χ1v) is 9.13. The Bertz CT molecular complexity index is 735. The molecule has 3 nitrogen and oxygen atoms in total. The van der Waals surface area contributed by atoms with Crippen molar-refractivity contribution in [2.45, 2.75) is 57.5 Å². The maximum absolute atomic E-state index is 11.1. The molecule has 3 heteroatoms. The lowest BCUT2D eigenvalue weighted by atomic mass is 9.56. The molecule has 0 amide bonds. The van der Waals surface area contributed by atoms with Crippen LogP contribution in [0.1, 0.15) is 51.9 Å². The number of terminal acetylenes is 1. The van der Waals surface area contributed by atoms with Gasteiger partial charge in [-0.05, 0) is 79.6 Å². The van der Waals surface area contributed by atoms with Gasteiger partial charge in [0.05, 0.1) is 5.71 Å². The van der Waals surface area contributed by atoms with E-state index in [9.17, 15) is 5.11 Å². The van der Waals surface area contributed by atoms with E-state index in [1.165, 1.54) is 16.7 Å². The van der Waals surface area contributed by atoms with Gasteiger partial charge in [0.2, 0.25) is 0 Å². The number of fused-ring (bicyclic) bond motifs is 4. The Labute approximate surface area is 143 Å². The smallest absolute Gasteiger partial charge is 0.134 e. The Morgan fingerprint density at radius 2 is 2.17 bits per heavy atom. The third kappa shape index (κ3) is 1.87. The lowest BCUT2D eigenvalue weighted by Crippen LogP contribution is -2.48. The molecule has 0 aromatic rings. The zero-order valence-electron chi connectivity index (χ0n) is 14.3. The minimum Gasteiger partial charge on any atom is -0.411 e. The number of nitrogens with zero attached hydrogens (tertiary/aromatic N) is 1. The highest BCUT2D eigenvalue weighted by Gasteiger charge is 2.60. The molecule has 0 spiro atoms. The molecular formula is C21H25NO2. The lowest BCUT2D eigenvalue weighted by molar-refractivity contribution is -0.0149. The fourth-order valence-electron chi connectivity index (χ4n) is 5.84. The molecule has 0 aromatic carbocycles. The van der Waals surface area contributed by atoms with E-state index in [0.717, 1.165) is 44.2 Å². The number of oxime groups is 1. The Kier molecular flexibility index (Phi) is 3.51. The summed E-state index contributed by atoms with van der Waals surface area (Å²) in [7, 11) is 0. The molecule has 0 saturated heterocycles. The van der Waals surface area contributed by atoms with E-state index in [-0.39, 0.29) is 5.41 Å². The Morgan fingerprint density at radius 1 is 1.33 bits per heavy atom. The minimum absolute atomic E-state index is 0.274. The van der Waals surface area contributed by atoms with Crippen LogP contribution in [0.25, 0.3) is 0 Å². The highest BCUT2D eigenvalue weighted by atomic mass is 16.4. The third-order valence-corrected chi connectivity index (χ3v) is 7.08. The van der Waals surface area contributed by atoms with Crippen LogP contribution in [0.5, 0.6) is 0 Å². The van der Waals surface area contributed by atoms with Crippen molar-refractivity contribution in [1.29, 1.82) is 0 Å². The fraction of sp³-hybridized carbons (Fsp3) is 0.571. The van der Waals surface area contributed by atoms with E-state index < -0.39 is 5.60 Å². The number of allylic oxidation sites excluding steroid dienone is 5. The number of hydrogen-bond acceptors (Lipinski definition) is 3. The second-order valence-electron chi connectivity index (χ2n) is 7.72. The highest BCUT2D eigenvalue weighted by molar-refractivity contribution is 5.97. The van der Waals surface area contributed by atoms with Gasteiger partial charge in [0.25, 0.3) is 0 Å². The molecule has 0 heterocycles. The quantitative estimate of drug-likeness (QED) is 0.435. The topological polar surface area (TPSA) is 52.8 Å². The van der Waals surface area contributed by atoms with Gasteiger partial charge in [0.1, 0.15) is 5.60 Å². The summed E-state index contributed by atoms with van der Waals surface area (Å²) in [5.41, 5.74) is 3.73. The first-order valence-electron chi connectivity index (χ1n) is 9.13. The molecular weight excluding hydrogens is 298 g/mol. The van der Waals surface area contributed by atoms with E-state index in [1.807, 2.05) is 0 Å². The number of hydrogen-bond donors (Lipinski definition) is 2. The molecule has 4 rings (SSSR count). The van der Waals surface area contributed by atoms with E-state index in [2.05, 4.69) is 36.2 Å². The van der Waals surface area contributed by atoms with Crippen molar-refractivity contribution in [2.75, 3.05) is 0 Å². The first-order chi connectivity index (χ1) is 11.6. The van der Waals surface area contributed by atoms with Crippen molar-refractivity contribution in [3.05, 3.63) is 34.9 Å². The van der Waals surface area contributed by atoms with E-state index >= 15 is 0 Å². The summed E-state index contributed by atoms with van der Waals surface area (Å²) in [6.07, 6.45) is 18.8. The average molecular weight is 323 g/mol. The summed E-state index contributed by atoms with van der Waals surface area (Å²) >= 11 is 0. The van der Waals surface area contributed by atoms with Gasteiger partial charge >= 0.3 is 0 Å². The zero-order chi connectivity index (χ0) is 16.9. The second-order valence-corrected chi connectivity index (χ2v) is 7.72. The van der Waals surface area contributed by atoms with Crippen molar-refractivity contribution >= 4 is 5.71 Å². The molecule has 2 N–H and O–H groups in total. The lowest BCUT2D eigenvalue weighted by Gasteiger charge is -2.48. The van der Waals surface area contributed by atoms with Crippen molar-refractivity contribution in [3.63, 3.8) is 0 Å². The molecule has 4 aliphatic rings. The summed E-state index contributed by atoms with van der Waals surface area (Å²) < 4.78 is 0. The van der Waals surface area contributed by atoms with Gasteiger partial charge in [0.15, 0.2) is 0 Å². The Morgan fingerprint density at radius 3 is 2.88 bits per heavy atom. The van der Waals surface area contributed by atoms with Crippen molar-refractivity contribution in [1.82, 2.24) is 0 Å². The molecule has 0 aliphatic heterocycles. The monoisotopic (exact) mass is 323 g/mol. The van der Waals surface area contributed by atoms with E-state index in [0.29, 0.717) is 18.3 Å². The summed E-state index contributed by atoms with van der Waals surface area (Å²) in [5, 5.41) is 23.5. The summed E-state index contributed by atoms with van der Waals surface area (Å²) in [4.78, 5) is 0. The van der Waals surface area contributed by atoms with Gasteiger partial charge in [-0.3, -0.25) is 0 Å². The van der Waals surface area contributed by atoms with Gasteiger partial charge in [-0.2, -0.15) is 0 Å². The number of aliphatic hydroxyl groups is 1. The minimum atomic E-state index is -1.00. The molecule has 4 aliphatic carbocycles. The van der Waals surface area contributed by atoms with Gasteiger partial charge in [-0.1, -0.05) is 30.2 Å². The molecule has 1 fully saturated rings. The highest BCUT2D eigenvalue weighted by Crippen LogP contribution is 2.62. The third-order valence-electron chi connectivity index (χ3n) is 7.08. The van der Waals surface area contributed by atoms with Gasteiger partial charge in [-0.25, -0.2) is 0 Å². The van der Waals surface area contributed by atoms with Crippen molar-refractivity contribution in [3.8, 4) is 12.3 Å². The molecule has 0 unspecified atom stereocenters. The molecule has 24 heavy (non-hydrogen) atoms. The predicted molar refractivity (Wildman–Crippen MR) is 94.7 cm³/mol. The molecule has 4 atom stereocenters. The van der Waals surface area contributed by atoms with Crippen LogP contribution in [0, 0.1) is 29.6 Å². The van der Waals surface area contributed by atoms with E-state index in [1.54, 1.807) is 0 Å². The largest absolute Gasteiger partial charge is 0.411 e. The maximum atomic E-state index is 11.1. The van der Waals surface area contributed by atoms with Crippen molar-refractivity contribution < 1.29 is 10.3 Å².